The first-order valence-electron chi connectivity index (χ1n) is 11.3. The summed E-state index contributed by atoms with van der Waals surface area (Å²) in [5, 5.41) is 6.47. The molecule has 2 aromatic heterocycles. The van der Waals surface area contributed by atoms with E-state index in [-0.39, 0.29) is 24.0 Å². The summed E-state index contributed by atoms with van der Waals surface area (Å²) in [7, 11) is 0. The van der Waals surface area contributed by atoms with E-state index in [9.17, 15) is 22.8 Å². The normalized spacial score (nSPS) is 21.6. The molecule has 3 atom stereocenters. The van der Waals surface area contributed by atoms with Gasteiger partial charge in [-0.1, -0.05) is 29.8 Å². The van der Waals surface area contributed by atoms with Crippen molar-refractivity contribution in [1.82, 2.24) is 15.1 Å². The molecule has 2 aliphatic carbocycles. The Morgan fingerprint density at radius 3 is 2.63 bits per heavy atom. The highest BCUT2D eigenvalue weighted by Crippen LogP contribution is 2.50. The van der Waals surface area contributed by atoms with Crippen LogP contribution in [0, 0.1) is 11.8 Å². The van der Waals surface area contributed by atoms with Crippen molar-refractivity contribution < 1.29 is 27.3 Å². The lowest BCUT2D eigenvalue weighted by Gasteiger charge is -2.16. The number of hydrogen-bond donors (Lipinski definition) is 2. The van der Waals surface area contributed by atoms with Crippen molar-refractivity contribution in [3.8, 4) is 11.1 Å². The second-order valence-corrected chi connectivity index (χ2v) is 8.94. The molecule has 0 bridgehead atoms. The SMILES string of the molecule is NC(=O)c1nc([C@H]2CCCCc3cc(-c4ccnc(NC(=O)[C@H]5C[C@H]5C(F)(F)F)c4)ccc32)no1. The molecular weight excluding hydrogens is 463 g/mol. The Hall–Kier alpha value is -3.76. The molecule has 0 radical (unpaired) electrons. The molecule has 1 saturated carbocycles. The molecule has 2 heterocycles. The first-order valence-corrected chi connectivity index (χ1v) is 11.3. The molecular formula is C24H22F3N5O3. The van der Waals surface area contributed by atoms with Gasteiger partial charge in [0.25, 0.3) is 0 Å². The zero-order chi connectivity index (χ0) is 24.7. The Kier molecular flexibility index (Phi) is 5.78. The maximum absolute atomic E-state index is 12.8. The maximum atomic E-state index is 12.8. The molecule has 3 aromatic rings. The van der Waals surface area contributed by atoms with Crippen LogP contribution in [0.5, 0.6) is 0 Å². The van der Waals surface area contributed by atoms with E-state index in [2.05, 4.69) is 20.4 Å². The summed E-state index contributed by atoms with van der Waals surface area (Å²) in [5.74, 6) is -3.82. The number of alkyl halides is 3. The largest absolute Gasteiger partial charge is 0.392 e. The van der Waals surface area contributed by atoms with E-state index in [1.807, 2.05) is 18.2 Å². The number of nitrogens with two attached hydrogens (primary N) is 1. The third kappa shape index (κ3) is 4.75. The van der Waals surface area contributed by atoms with Gasteiger partial charge in [-0.3, -0.25) is 9.59 Å². The number of amides is 2. The van der Waals surface area contributed by atoms with E-state index in [0.29, 0.717) is 5.82 Å². The highest BCUT2D eigenvalue weighted by Gasteiger charge is 2.58. The van der Waals surface area contributed by atoms with E-state index >= 15 is 0 Å². The number of nitrogens with zero attached hydrogens (tertiary/aromatic N) is 3. The smallest absolute Gasteiger partial charge is 0.361 e. The van der Waals surface area contributed by atoms with E-state index in [4.69, 9.17) is 10.3 Å². The second-order valence-electron chi connectivity index (χ2n) is 8.94. The van der Waals surface area contributed by atoms with Crippen LogP contribution >= 0.6 is 0 Å². The van der Waals surface area contributed by atoms with Gasteiger partial charge in [0, 0.05) is 12.1 Å². The fourth-order valence-electron chi connectivity index (χ4n) is 4.65. The van der Waals surface area contributed by atoms with Gasteiger partial charge in [-0.25, -0.2) is 4.98 Å². The van der Waals surface area contributed by atoms with Gasteiger partial charge < -0.3 is 15.6 Å². The van der Waals surface area contributed by atoms with Crippen LogP contribution < -0.4 is 11.1 Å². The number of carbonyl (C=O) groups is 2. The number of nitrogens with one attached hydrogen (secondary N) is 1. The first kappa shape index (κ1) is 23.0. The Morgan fingerprint density at radius 2 is 1.91 bits per heavy atom. The summed E-state index contributed by atoms with van der Waals surface area (Å²) >= 11 is 0. The highest BCUT2D eigenvalue weighted by atomic mass is 19.4. The van der Waals surface area contributed by atoms with E-state index < -0.39 is 29.8 Å². The van der Waals surface area contributed by atoms with Gasteiger partial charge in [-0.05, 0) is 60.1 Å². The Labute approximate surface area is 198 Å². The lowest BCUT2D eigenvalue weighted by atomic mass is 9.90. The third-order valence-corrected chi connectivity index (χ3v) is 6.56. The monoisotopic (exact) mass is 485 g/mol. The number of halogens is 3. The van der Waals surface area contributed by atoms with Crippen LogP contribution in [0.25, 0.3) is 11.1 Å². The van der Waals surface area contributed by atoms with Crippen molar-refractivity contribution >= 4 is 17.6 Å². The molecule has 3 N–H and O–H groups in total. The van der Waals surface area contributed by atoms with E-state index in [1.54, 1.807) is 12.1 Å². The molecule has 0 unspecified atom stereocenters. The highest BCUT2D eigenvalue weighted by molar-refractivity contribution is 5.94. The molecule has 0 aliphatic heterocycles. The van der Waals surface area contributed by atoms with Gasteiger partial charge in [0.1, 0.15) is 5.82 Å². The average molecular weight is 485 g/mol. The summed E-state index contributed by atoms with van der Waals surface area (Å²) in [4.78, 5) is 31.8. The quantitative estimate of drug-likeness (QED) is 0.522. The third-order valence-electron chi connectivity index (χ3n) is 6.56. The molecule has 2 aliphatic rings. The zero-order valence-corrected chi connectivity index (χ0v) is 18.5. The van der Waals surface area contributed by atoms with E-state index in [1.165, 1.54) is 6.20 Å². The van der Waals surface area contributed by atoms with Crippen LogP contribution in [0.2, 0.25) is 0 Å². The average Bonchev–Trinajstić information content (AvgIpc) is 3.55. The number of fused-ring (bicyclic) bond motifs is 1. The van der Waals surface area contributed by atoms with Crippen LogP contribution in [0.4, 0.5) is 19.0 Å². The van der Waals surface area contributed by atoms with Gasteiger partial charge in [0.15, 0.2) is 5.82 Å². The second kappa shape index (κ2) is 8.79. The summed E-state index contributed by atoms with van der Waals surface area (Å²) in [6.45, 7) is 0. The van der Waals surface area contributed by atoms with Gasteiger partial charge >= 0.3 is 18.0 Å². The number of anilines is 1. The standard InChI is InChI=1S/C24H22F3N5O3/c25-24(26,27)18-11-17(18)22(34)30-19-10-13(7-8-29-19)12-5-6-15-14(9-12)3-1-2-4-16(15)21-31-23(20(28)33)35-32-21/h5-10,16-18H,1-4,11H2,(H2,28,33)(H,29,30,34)/t16-,17-,18+/m0/s1. The van der Waals surface area contributed by atoms with Crippen molar-refractivity contribution in [1.29, 1.82) is 0 Å². The van der Waals surface area contributed by atoms with Crippen molar-refractivity contribution in [3.63, 3.8) is 0 Å². The molecule has 0 spiro atoms. The van der Waals surface area contributed by atoms with Crippen molar-refractivity contribution in [3.05, 3.63) is 59.4 Å². The minimum Gasteiger partial charge on any atom is -0.361 e. The number of carbonyl (C=O) groups excluding carboxylic acids is 2. The van der Waals surface area contributed by atoms with Gasteiger partial charge in [-0.15, -0.1) is 0 Å². The minimum absolute atomic E-state index is 0.134. The number of pyridine rings is 1. The number of primary amides is 1. The molecule has 11 heteroatoms. The molecule has 2 amide bonds. The Balaban J connectivity index is 1.37. The molecule has 1 aromatic carbocycles. The number of hydrogen-bond acceptors (Lipinski definition) is 6. The lowest BCUT2D eigenvalue weighted by molar-refractivity contribution is -0.153. The first-order chi connectivity index (χ1) is 16.7. The van der Waals surface area contributed by atoms with Crippen molar-refractivity contribution in [2.45, 2.75) is 44.2 Å². The van der Waals surface area contributed by atoms with Crippen molar-refractivity contribution in [2.75, 3.05) is 5.32 Å². The molecule has 35 heavy (non-hydrogen) atoms. The number of benzene rings is 1. The summed E-state index contributed by atoms with van der Waals surface area (Å²) in [5.41, 5.74) is 9.04. The number of aryl methyl sites for hydroxylation is 1. The van der Waals surface area contributed by atoms with Crippen LogP contribution in [-0.2, 0) is 11.2 Å². The van der Waals surface area contributed by atoms with Gasteiger partial charge in [0.2, 0.25) is 5.91 Å². The van der Waals surface area contributed by atoms with Crippen molar-refractivity contribution in [2.24, 2.45) is 17.6 Å². The van der Waals surface area contributed by atoms with E-state index in [0.717, 1.165) is 47.9 Å². The molecule has 0 saturated heterocycles. The summed E-state index contributed by atoms with van der Waals surface area (Å²) in [6, 6.07) is 9.38. The van der Waals surface area contributed by atoms with Gasteiger partial charge in [0.05, 0.1) is 11.8 Å². The topological polar surface area (TPSA) is 124 Å². The fraction of sp³-hybridized carbons (Fsp3) is 0.375. The van der Waals surface area contributed by atoms with Crippen LogP contribution in [-0.4, -0.2) is 33.1 Å². The number of aromatic nitrogens is 3. The molecule has 8 nitrogen and oxygen atoms in total. The Bertz CT molecular complexity index is 1290. The van der Waals surface area contributed by atoms with Gasteiger partial charge in [-0.2, -0.15) is 18.2 Å². The number of rotatable bonds is 5. The summed E-state index contributed by atoms with van der Waals surface area (Å²) in [6.07, 6.45) is 0.513. The van der Waals surface area contributed by atoms with Crippen LogP contribution in [0.1, 0.15) is 59.2 Å². The predicted octanol–water partition coefficient (Wildman–Crippen LogP) is 4.23. The zero-order valence-electron chi connectivity index (χ0n) is 18.5. The molecule has 5 rings (SSSR count). The molecule has 1 fully saturated rings. The lowest BCUT2D eigenvalue weighted by Crippen LogP contribution is -2.20. The van der Waals surface area contributed by atoms with Crippen LogP contribution in [0.3, 0.4) is 0 Å². The van der Waals surface area contributed by atoms with Crippen LogP contribution in [0.15, 0.2) is 41.1 Å². The summed E-state index contributed by atoms with van der Waals surface area (Å²) < 4.78 is 43.3. The predicted molar refractivity (Wildman–Crippen MR) is 118 cm³/mol. The minimum atomic E-state index is -4.36. The fourth-order valence-corrected chi connectivity index (χ4v) is 4.65. The molecule has 182 valence electrons. The Morgan fingerprint density at radius 1 is 1.11 bits per heavy atom. The maximum Gasteiger partial charge on any atom is 0.392 e.